The second kappa shape index (κ2) is 8.65. The zero-order chi connectivity index (χ0) is 22.0. The molecule has 0 radical (unpaired) electrons. The molecule has 31 heavy (non-hydrogen) atoms. The summed E-state index contributed by atoms with van der Waals surface area (Å²) in [6, 6.07) is 13.6. The van der Waals surface area contributed by atoms with Gasteiger partial charge in [-0.25, -0.2) is 8.78 Å². The van der Waals surface area contributed by atoms with Gasteiger partial charge in [-0.15, -0.1) is 0 Å². The molecule has 1 aliphatic carbocycles. The lowest BCUT2D eigenvalue weighted by atomic mass is 9.96. The molecule has 0 heterocycles. The molecule has 0 saturated carbocycles. The number of hydrogen-bond donors (Lipinski definition) is 3. The number of carbonyl (C=O) groups is 2. The third-order valence-electron chi connectivity index (χ3n) is 5.27. The van der Waals surface area contributed by atoms with Crippen molar-refractivity contribution in [2.75, 3.05) is 18.4 Å². The van der Waals surface area contributed by atoms with E-state index < -0.39 is 11.6 Å². The molecule has 0 saturated heterocycles. The molecule has 0 unspecified atom stereocenters. The van der Waals surface area contributed by atoms with Crippen molar-refractivity contribution in [1.29, 1.82) is 0 Å². The molecule has 1 aliphatic rings. The number of ketones is 1. The average molecular weight is 421 g/mol. The maximum Gasteiger partial charge on any atom is 0.251 e. The molecule has 3 aromatic carbocycles. The van der Waals surface area contributed by atoms with Crippen LogP contribution in [-0.2, 0) is 12.8 Å². The number of nitrogens with one attached hydrogen (secondary N) is 2. The first kappa shape index (κ1) is 20.7. The predicted molar refractivity (Wildman–Crippen MR) is 115 cm³/mol. The van der Waals surface area contributed by atoms with Gasteiger partial charge in [0.2, 0.25) is 0 Å². The van der Waals surface area contributed by atoms with Crippen molar-refractivity contribution >= 4 is 23.1 Å². The molecule has 7 heteroatoms. The fourth-order valence-corrected chi connectivity index (χ4v) is 3.70. The van der Waals surface area contributed by atoms with Crippen LogP contribution in [0, 0.1) is 11.6 Å². The van der Waals surface area contributed by atoms with E-state index in [0.29, 0.717) is 48.3 Å². The Morgan fingerprint density at radius 1 is 0.935 bits per heavy atom. The van der Waals surface area contributed by atoms with Gasteiger partial charge < -0.3 is 16.4 Å². The van der Waals surface area contributed by atoms with Crippen molar-refractivity contribution < 1.29 is 18.4 Å². The van der Waals surface area contributed by atoms with E-state index in [2.05, 4.69) is 10.6 Å². The van der Waals surface area contributed by atoms with Gasteiger partial charge in [0.15, 0.2) is 5.78 Å². The normalized spacial score (nSPS) is 12.5. The molecule has 0 aromatic heterocycles. The molecule has 0 atom stereocenters. The maximum atomic E-state index is 14.0. The zero-order valence-corrected chi connectivity index (χ0v) is 16.7. The van der Waals surface area contributed by atoms with Crippen LogP contribution in [0.5, 0.6) is 0 Å². The second-order valence-electron chi connectivity index (χ2n) is 7.37. The van der Waals surface area contributed by atoms with Gasteiger partial charge in [0.25, 0.3) is 5.91 Å². The van der Waals surface area contributed by atoms with Crippen LogP contribution in [0.3, 0.4) is 0 Å². The monoisotopic (exact) mass is 421 g/mol. The smallest absolute Gasteiger partial charge is 0.251 e. The van der Waals surface area contributed by atoms with E-state index >= 15 is 0 Å². The number of nitrogens with two attached hydrogens (primary N) is 1. The van der Waals surface area contributed by atoms with Gasteiger partial charge in [0.05, 0.1) is 5.69 Å². The lowest BCUT2D eigenvalue weighted by Gasteiger charge is -2.11. The fraction of sp³-hybridized carbons (Fsp3) is 0.167. The zero-order valence-electron chi connectivity index (χ0n) is 16.7. The van der Waals surface area contributed by atoms with Gasteiger partial charge in [0.1, 0.15) is 11.6 Å². The van der Waals surface area contributed by atoms with Crippen LogP contribution in [0.2, 0.25) is 0 Å². The second-order valence-corrected chi connectivity index (χ2v) is 7.37. The summed E-state index contributed by atoms with van der Waals surface area (Å²) in [6.07, 6.45) is 1.25. The van der Waals surface area contributed by atoms with E-state index in [9.17, 15) is 18.4 Å². The highest BCUT2D eigenvalue weighted by atomic mass is 19.1. The van der Waals surface area contributed by atoms with Crippen molar-refractivity contribution in [3.05, 3.63) is 94.0 Å². The first-order chi connectivity index (χ1) is 15.0. The minimum absolute atomic E-state index is 0.151. The Labute approximate surface area is 178 Å². The molecule has 1 amide bonds. The lowest BCUT2D eigenvalue weighted by molar-refractivity contribution is 0.0954. The van der Waals surface area contributed by atoms with Gasteiger partial charge >= 0.3 is 0 Å². The van der Waals surface area contributed by atoms with E-state index in [-0.39, 0.29) is 17.4 Å². The van der Waals surface area contributed by atoms with E-state index in [1.54, 1.807) is 30.3 Å². The number of amides is 1. The van der Waals surface area contributed by atoms with E-state index in [1.807, 2.05) is 6.07 Å². The van der Waals surface area contributed by atoms with Crippen molar-refractivity contribution in [2.45, 2.75) is 12.8 Å². The molecule has 3 aromatic rings. The lowest BCUT2D eigenvalue weighted by Crippen LogP contribution is -2.29. The molecule has 158 valence electrons. The number of anilines is 2. The Hall–Kier alpha value is -3.58. The summed E-state index contributed by atoms with van der Waals surface area (Å²) >= 11 is 0. The molecule has 0 spiro atoms. The minimum atomic E-state index is -0.695. The number of carbonyl (C=O) groups excluding carboxylic acids is 2. The minimum Gasteiger partial charge on any atom is -0.353 e. The Balaban J connectivity index is 1.62. The molecule has 0 aliphatic heterocycles. The molecular formula is C24H21F2N3O2. The van der Waals surface area contributed by atoms with Crippen LogP contribution < -0.4 is 16.4 Å². The topological polar surface area (TPSA) is 84.2 Å². The summed E-state index contributed by atoms with van der Waals surface area (Å²) in [5.74, 6) is -1.77. The summed E-state index contributed by atoms with van der Waals surface area (Å²) < 4.78 is 27.1. The summed E-state index contributed by atoms with van der Waals surface area (Å²) in [5, 5.41) is 5.64. The molecule has 0 bridgehead atoms. The SMILES string of the molecule is NCCNC(=O)c1ccc2c(c1)C(=O)c1ccc(Nc3ccc(F)cc3F)cc1CC2. The number of aryl methyl sites for hydroxylation is 2. The number of halogens is 2. The Morgan fingerprint density at radius 3 is 2.52 bits per heavy atom. The summed E-state index contributed by atoms with van der Waals surface area (Å²) in [7, 11) is 0. The van der Waals surface area contributed by atoms with Gasteiger partial charge in [-0.1, -0.05) is 6.07 Å². The Kier molecular flexibility index (Phi) is 5.77. The third-order valence-corrected chi connectivity index (χ3v) is 5.27. The first-order valence-electron chi connectivity index (χ1n) is 9.97. The number of fused-ring (bicyclic) bond motifs is 2. The highest BCUT2D eigenvalue weighted by Crippen LogP contribution is 2.29. The maximum absolute atomic E-state index is 14.0. The van der Waals surface area contributed by atoms with Gasteiger partial charge in [-0.05, 0) is 66.4 Å². The van der Waals surface area contributed by atoms with Crippen molar-refractivity contribution in [2.24, 2.45) is 5.73 Å². The number of hydrogen-bond acceptors (Lipinski definition) is 4. The van der Waals surface area contributed by atoms with Gasteiger partial charge in [-0.2, -0.15) is 0 Å². The van der Waals surface area contributed by atoms with Crippen LogP contribution in [0.4, 0.5) is 20.2 Å². The Morgan fingerprint density at radius 2 is 1.74 bits per heavy atom. The summed E-state index contributed by atoms with van der Waals surface area (Å²) in [5.41, 5.74) is 9.33. The van der Waals surface area contributed by atoms with E-state index in [1.165, 1.54) is 12.1 Å². The van der Waals surface area contributed by atoms with Crippen molar-refractivity contribution in [3.8, 4) is 0 Å². The van der Waals surface area contributed by atoms with Crippen LogP contribution in [-0.4, -0.2) is 24.8 Å². The van der Waals surface area contributed by atoms with E-state index in [0.717, 1.165) is 17.2 Å². The van der Waals surface area contributed by atoms with E-state index in [4.69, 9.17) is 5.73 Å². The van der Waals surface area contributed by atoms with Gasteiger partial charge in [-0.3, -0.25) is 9.59 Å². The van der Waals surface area contributed by atoms with Crippen LogP contribution in [0.15, 0.2) is 54.6 Å². The Bertz CT molecular complexity index is 1180. The highest BCUT2D eigenvalue weighted by Gasteiger charge is 2.23. The number of benzene rings is 3. The van der Waals surface area contributed by atoms with Crippen molar-refractivity contribution in [3.63, 3.8) is 0 Å². The molecule has 5 nitrogen and oxygen atoms in total. The summed E-state index contributed by atoms with van der Waals surface area (Å²) in [6.45, 7) is 0.693. The van der Waals surface area contributed by atoms with Crippen molar-refractivity contribution in [1.82, 2.24) is 5.32 Å². The van der Waals surface area contributed by atoms with Gasteiger partial charge in [0, 0.05) is 41.5 Å². The first-order valence-corrected chi connectivity index (χ1v) is 9.97. The number of rotatable bonds is 5. The molecular weight excluding hydrogens is 400 g/mol. The molecule has 4 N–H and O–H groups in total. The third kappa shape index (κ3) is 4.32. The standard InChI is InChI=1S/C24H21F2N3O2/c25-17-5-8-22(21(26)13-17)29-18-6-7-19-15(11-18)3-1-14-2-4-16(12-20(14)23(19)30)24(31)28-10-9-27/h2,4-8,11-13,29H,1,3,9-10,27H2,(H,28,31). The average Bonchev–Trinajstić information content (AvgIpc) is 2.90. The molecule has 4 rings (SSSR count). The van der Waals surface area contributed by atoms with Crippen LogP contribution in [0.1, 0.15) is 37.4 Å². The molecule has 0 fully saturated rings. The van der Waals surface area contributed by atoms with Crippen LogP contribution in [0.25, 0.3) is 0 Å². The highest BCUT2D eigenvalue weighted by molar-refractivity contribution is 6.12. The largest absolute Gasteiger partial charge is 0.353 e. The quantitative estimate of drug-likeness (QED) is 0.586. The summed E-state index contributed by atoms with van der Waals surface area (Å²) in [4.78, 5) is 25.5. The predicted octanol–water partition coefficient (Wildman–Crippen LogP) is 3.73. The van der Waals surface area contributed by atoms with Crippen LogP contribution >= 0.6 is 0 Å². The fourth-order valence-electron chi connectivity index (χ4n) is 3.70.